The van der Waals surface area contributed by atoms with E-state index in [2.05, 4.69) is 15.3 Å². The Morgan fingerprint density at radius 1 is 1.43 bits per heavy atom. The number of nitrogens with one attached hydrogen (secondary N) is 1. The molecule has 0 atom stereocenters. The van der Waals surface area contributed by atoms with Crippen molar-refractivity contribution in [1.82, 2.24) is 9.97 Å². The first-order valence-electron chi connectivity index (χ1n) is 4.40. The van der Waals surface area contributed by atoms with Gasteiger partial charge in [-0.25, -0.2) is 9.97 Å². The minimum Gasteiger partial charge on any atom is -0.373 e. The van der Waals surface area contributed by atoms with Crippen LogP contribution in [0.4, 0.5) is 5.82 Å². The van der Waals surface area contributed by atoms with Gasteiger partial charge in [0.15, 0.2) is 0 Å². The highest BCUT2D eigenvalue weighted by Gasteiger charge is 2.00. The van der Waals surface area contributed by atoms with Crippen LogP contribution in [0.25, 0.3) is 0 Å². The first-order valence-corrected chi connectivity index (χ1v) is 5.28. The predicted octanol–water partition coefficient (Wildman–Crippen LogP) is 2.17. The van der Waals surface area contributed by atoms with Crippen LogP contribution in [0.3, 0.4) is 0 Å². The van der Waals surface area contributed by atoms with Crippen molar-refractivity contribution in [2.24, 2.45) is 0 Å². The summed E-state index contributed by atoms with van der Waals surface area (Å²) < 4.78 is 0. The van der Waals surface area contributed by atoms with E-state index in [4.69, 9.17) is 0 Å². The van der Waals surface area contributed by atoms with Gasteiger partial charge in [0.25, 0.3) is 0 Å². The lowest BCUT2D eigenvalue weighted by molar-refractivity contribution is 1.05. The maximum Gasteiger partial charge on any atom is 0.125 e. The molecule has 0 aromatic carbocycles. The Balaban J connectivity index is 2.17. The minimum atomic E-state index is 0.813. The second-order valence-corrected chi connectivity index (χ2v) is 3.85. The number of hydrogen-bond donors (Lipinski definition) is 1. The molecular formula is C10H11N3S. The van der Waals surface area contributed by atoms with Crippen LogP contribution in [0, 0.1) is 0 Å². The van der Waals surface area contributed by atoms with Crippen molar-refractivity contribution in [3.8, 4) is 0 Å². The Labute approximate surface area is 86.8 Å². The smallest absolute Gasteiger partial charge is 0.125 e. The molecule has 72 valence electrons. The van der Waals surface area contributed by atoms with Crippen LogP contribution in [0.1, 0.15) is 10.7 Å². The third-order valence-corrected chi connectivity index (χ3v) is 2.66. The maximum atomic E-state index is 4.42. The van der Waals surface area contributed by atoms with Crippen molar-refractivity contribution in [3.05, 3.63) is 40.5 Å². The number of nitrogens with zero attached hydrogens (tertiary/aromatic N) is 2. The summed E-state index contributed by atoms with van der Waals surface area (Å²) in [6.07, 6.45) is 2.63. The molecule has 0 aliphatic rings. The summed E-state index contributed by atoms with van der Waals surface area (Å²) in [7, 11) is 1.87. The highest BCUT2D eigenvalue weighted by molar-refractivity contribution is 7.09. The normalized spacial score (nSPS) is 10.1. The lowest BCUT2D eigenvalue weighted by atomic mass is 10.3. The maximum absolute atomic E-state index is 4.42. The molecule has 0 bridgehead atoms. The molecule has 0 unspecified atom stereocenters. The highest BCUT2D eigenvalue weighted by Crippen LogP contribution is 2.11. The summed E-state index contributed by atoms with van der Waals surface area (Å²) in [4.78, 5) is 8.65. The van der Waals surface area contributed by atoms with Crippen molar-refractivity contribution in [1.29, 1.82) is 0 Å². The molecular weight excluding hydrogens is 194 g/mol. The summed E-state index contributed by atoms with van der Waals surface area (Å²) >= 11 is 1.66. The lowest BCUT2D eigenvalue weighted by Gasteiger charge is -2.01. The van der Waals surface area contributed by atoms with Crippen molar-refractivity contribution < 1.29 is 0 Å². The molecule has 2 heterocycles. The van der Waals surface area contributed by atoms with Gasteiger partial charge in [-0.2, -0.15) is 0 Å². The molecule has 2 aromatic rings. The average molecular weight is 205 g/mol. The standard InChI is InChI=1S/C10H11N3S/c1-11-9-4-2-3-8(13-9)7-10-12-5-6-14-10/h2-6H,7H2,1H3,(H,11,13). The summed E-state index contributed by atoms with van der Waals surface area (Å²) in [5.41, 5.74) is 1.05. The van der Waals surface area contributed by atoms with E-state index in [0.29, 0.717) is 0 Å². The van der Waals surface area contributed by atoms with Crippen molar-refractivity contribution in [3.63, 3.8) is 0 Å². The molecule has 0 spiro atoms. The Bertz CT molecular complexity index is 398. The van der Waals surface area contributed by atoms with Gasteiger partial charge in [-0.15, -0.1) is 11.3 Å². The predicted molar refractivity (Wildman–Crippen MR) is 58.7 cm³/mol. The van der Waals surface area contributed by atoms with Gasteiger partial charge >= 0.3 is 0 Å². The Morgan fingerprint density at radius 3 is 3.07 bits per heavy atom. The van der Waals surface area contributed by atoms with Gasteiger partial charge in [0.1, 0.15) is 5.82 Å². The van der Waals surface area contributed by atoms with E-state index in [1.807, 2.05) is 36.8 Å². The molecule has 1 N–H and O–H groups in total. The lowest BCUT2D eigenvalue weighted by Crippen LogP contribution is -1.96. The average Bonchev–Trinajstić information content (AvgIpc) is 2.71. The van der Waals surface area contributed by atoms with E-state index >= 15 is 0 Å². The number of anilines is 1. The van der Waals surface area contributed by atoms with Gasteiger partial charge in [0.05, 0.1) is 5.01 Å². The Morgan fingerprint density at radius 2 is 2.36 bits per heavy atom. The van der Waals surface area contributed by atoms with Crippen molar-refractivity contribution in [2.45, 2.75) is 6.42 Å². The van der Waals surface area contributed by atoms with Crippen LogP contribution in [0.15, 0.2) is 29.8 Å². The monoisotopic (exact) mass is 205 g/mol. The van der Waals surface area contributed by atoms with Gasteiger partial charge in [-0.1, -0.05) is 6.07 Å². The van der Waals surface area contributed by atoms with Gasteiger partial charge in [-0.05, 0) is 12.1 Å². The number of hydrogen-bond acceptors (Lipinski definition) is 4. The van der Waals surface area contributed by atoms with E-state index in [-0.39, 0.29) is 0 Å². The highest BCUT2D eigenvalue weighted by atomic mass is 32.1. The fraction of sp³-hybridized carbons (Fsp3) is 0.200. The summed E-state index contributed by atoms with van der Waals surface area (Å²) in [6.45, 7) is 0. The van der Waals surface area contributed by atoms with E-state index < -0.39 is 0 Å². The van der Waals surface area contributed by atoms with Gasteiger partial charge in [-0.3, -0.25) is 0 Å². The molecule has 4 heteroatoms. The van der Waals surface area contributed by atoms with Crippen LogP contribution in [0.2, 0.25) is 0 Å². The summed E-state index contributed by atoms with van der Waals surface area (Å²) in [5.74, 6) is 0.902. The largest absolute Gasteiger partial charge is 0.373 e. The summed E-state index contributed by atoms with van der Waals surface area (Å²) in [6, 6.07) is 5.97. The molecule has 0 saturated carbocycles. The number of aromatic nitrogens is 2. The first kappa shape index (κ1) is 9.15. The van der Waals surface area contributed by atoms with Crippen LogP contribution in [-0.4, -0.2) is 17.0 Å². The van der Waals surface area contributed by atoms with Gasteiger partial charge in [0.2, 0.25) is 0 Å². The SMILES string of the molecule is CNc1cccc(Cc2nccs2)n1. The van der Waals surface area contributed by atoms with E-state index in [9.17, 15) is 0 Å². The molecule has 0 amide bonds. The second-order valence-electron chi connectivity index (χ2n) is 2.87. The molecule has 2 aromatic heterocycles. The zero-order valence-corrected chi connectivity index (χ0v) is 8.71. The Kier molecular flexibility index (Phi) is 2.74. The molecule has 14 heavy (non-hydrogen) atoms. The van der Waals surface area contributed by atoms with Gasteiger partial charge < -0.3 is 5.32 Å². The number of rotatable bonds is 3. The summed E-state index contributed by atoms with van der Waals surface area (Å²) in [5, 5.41) is 6.10. The van der Waals surface area contributed by atoms with E-state index in [0.717, 1.165) is 22.9 Å². The van der Waals surface area contributed by atoms with E-state index in [1.165, 1.54) is 0 Å². The molecule has 0 saturated heterocycles. The van der Waals surface area contributed by atoms with Crippen molar-refractivity contribution in [2.75, 3.05) is 12.4 Å². The molecule has 0 radical (unpaired) electrons. The zero-order valence-electron chi connectivity index (χ0n) is 7.90. The fourth-order valence-electron chi connectivity index (χ4n) is 1.21. The number of pyridine rings is 1. The molecule has 3 nitrogen and oxygen atoms in total. The molecule has 2 rings (SSSR count). The molecule has 0 aliphatic carbocycles. The minimum absolute atomic E-state index is 0.813. The van der Waals surface area contributed by atoms with Crippen LogP contribution < -0.4 is 5.32 Å². The van der Waals surface area contributed by atoms with Crippen LogP contribution >= 0.6 is 11.3 Å². The quantitative estimate of drug-likeness (QED) is 0.834. The second kappa shape index (κ2) is 4.19. The zero-order chi connectivity index (χ0) is 9.80. The van der Waals surface area contributed by atoms with Crippen molar-refractivity contribution >= 4 is 17.2 Å². The first-order chi connectivity index (χ1) is 6.88. The number of thiazole rings is 1. The third kappa shape index (κ3) is 2.09. The molecule has 0 fully saturated rings. The molecule has 0 aliphatic heterocycles. The van der Waals surface area contributed by atoms with Crippen LogP contribution in [0.5, 0.6) is 0 Å². The van der Waals surface area contributed by atoms with Crippen LogP contribution in [-0.2, 0) is 6.42 Å². The topological polar surface area (TPSA) is 37.8 Å². The fourth-order valence-corrected chi connectivity index (χ4v) is 1.84. The van der Waals surface area contributed by atoms with Gasteiger partial charge in [0, 0.05) is 30.7 Å². The van der Waals surface area contributed by atoms with E-state index in [1.54, 1.807) is 11.3 Å². The Hall–Kier alpha value is -1.42. The third-order valence-electron chi connectivity index (χ3n) is 1.88.